The van der Waals surface area contributed by atoms with Crippen LogP contribution in [0.15, 0.2) is 24.3 Å². The number of benzene rings is 1. The molecule has 0 heterocycles. The molecule has 0 aliphatic heterocycles. The molecular formula is C17H17F3O4. The number of ether oxygens (including phenoxy) is 2. The highest BCUT2D eigenvalue weighted by atomic mass is 19.4. The summed E-state index contributed by atoms with van der Waals surface area (Å²) in [6.45, 7) is 1.78. The van der Waals surface area contributed by atoms with Crippen LogP contribution in [-0.2, 0) is 24.5 Å². The van der Waals surface area contributed by atoms with Crippen LogP contribution in [0.2, 0.25) is 0 Å². The number of halogens is 3. The van der Waals surface area contributed by atoms with Gasteiger partial charge in [0.25, 0.3) is 0 Å². The third-order valence-electron chi connectivity index (χ3n) is 5.50. The minimum atomic E-state index is -4.59. The van der Waals surface area contributed by atoms with E-state index in [1.54, 1.807) is 19.1 Å². The second kappa shape index (κ2) is 4.97. The lowest BCUT2D eigenvalue weighted by Crippen LogP contribution is -2.33. The second-order valence-corrected chi connectivity index (χ2v) is 6.49. The van der Waals surface area contributed by atoms with Gasteiger partial charge in [0.15, 0.2) is 0 Å². The molecular weight excluding hydrogens is 325 g/mol. The Morgan fingerprint density at radius 1 is 1.04 bits per heavy atom. The third kappa shape index (κ3) is 1.87. The number of hydrogen-bond donors (Lipinski definition) is 0. The maximum atomic E-state index is 14.0. The number of hydrogen-bond acceptors (Lipinski definition) is 4. The first-order valence-corrected chi connectivity index (χ1v) is 7.47. The quantitative estimate of drug-likeness (QED) is 0.793. The van der Waals surface area contributed by atoms with Gasteiger partial charge < -0.3 is 9.47 Å². The van der Waals surface area contributed by atoms with E-state index in [2.05, 4.69) is 9.47 Å². The standard InChI is InChI=1S/C17H17F3O4/c1-9-4-6-10(7-5-9)16(17(18,19)20)8-15(16)11(13(21)23-2)12(15)14(22)24-3/h4-7,11-12H,8H2,1-3H3. The Morgan fingerprint density at radius 2 is 1.50 bits per heavy atom. The molecule has 7 heteroatoms. The van der Waals surface area contributed by atoms with Crippen LogP contribution in [0.4, 0.5) is 13.2 Å². The molecule has 0 radical (unpaired) electrons. The molecule has 4 nitrogen and oxygen atoms in total. The van der Waals surface area contributed by atoms with Crippen molar-refractivity contribution in [3.05, 3.63) is 35.4 Å². The van der Waals surface area contributed by atoms with Gasteiger partial charge in [-0.3, -0.25) is 9.59 Å². The fourth-order valence-corrected chi connectivity index (χ4v) is 4.27. The fourth-order valence-electron chi connectivity index (χ4n) is 4.27. The lowest BCUT2D eigenvalue weighted by atomic mass is 9.89. The molecule has 0 N–H and O–H groups in total. The highest BCUT2D eigenvalue weighted by molar-refractivity contribution is 5.92. The van der Waals surface area contributed by atoms with Gasteiger partial charge in [0.2, 0.25) is 0 Å². The average molecular weight is 342 g/mol. The van der Waals surface area contributed by atoms with E-state index in [-0.39, 0.29) is 12.0 Å². The van der Waals surface area contributed by atoms with E-state index in [0.29, 0.717) is 0 Å². The van der Waals surface area contributed by atoms with Gasteiger partial charge in [-0.15, -0.1) is 0 Å². The van der Waals surface area contributed by atoms with Crippen molar-refractivity contribution in [2.24, 2.45) is 17.3 Å². The minimum absolute atomic E-state index is 0.0703. The summed E-state index contributed by atoms with van der Waals surface area (Å²) in [5, 5.41) is 0. The maximum absolute atomic E-state index is 14.0. The SMILES string of the molecule is COC(=O)C1C(C(=O)OC)C12CC2(c1ccc(C)cc1)C(F)(F)F. The van der Waals surface area contributed by atoms with Crippen molar-refractivity contribution in [2.45, 2.75) is 24.9 Å². The molecule has 2 fully saturated rings. The smallest absolute Gasteiger partial charge is 0.399 e. The van der Waals surface area contributed by atoms with Crippen LogP contribution < -0.4 is 0 Å². The highest BCUT2D eigenvalue weighted by Gasteiger charge is 2.96. The number of alkyl halides is 3. The van der Waals surface area contributed by atoms with E-state index in [9.17, 15) is 22.8 Å². The summed E-state index contributed by atoms with van der Waals surface area (Å²) >= 11 is 0. The van der Waals surface area contributed by atoms with Crippen molar-refractivity contribution in [3.63, 3.8) is 0 Å². The molecule has 0 amide bonds. The van der Waals surface area contributed by atoms with Crippen molar-refractivity contribution in [1.29, 1.82) is 0 Å². The van der Waals surface area contributed by atoms with Crippen LogP contribution in [-0.4, -0.2) is 32.3 Å². The normalized spacial score (nSPS) is 33.9. The fraction of sp³-hybridized carbons (Fsp3) is 0.529. The number of methoxy groups -OCH3 is 2. The number of carbonyl (C=O) groups excluding carboxylic acids is 2. The Labute approximate surface area is 136 Å². The topological polar surface area (TPSA) is 52.6 Å². The monoisotopic (exact) mass is 342 g/mol. The van der Waals surface area contributed by atoms with Crippen LogP contribution in [0, 0.1) is 24.2 Å². The van der Waals surface area contributed by atoms with Crippen molar-refractivity contribution in [2.75, 3.05) is 14.2 Å². The van der Waals surface area contributed by atoms with E-state index < -0.39 is 40.8 Å². The van der Waals surface area contributed by atoms with Crippen LogP contribution in [0.3, 0.4) is 0 Å². The van der Waals surface area contributed by atoms with E-state index >= 15 is 0 Å². The predicted molar refractivity (Wildman–Crippen MR) is 77.0 cm³/mol. The molecule has 0 aromatic heterocycles. The minimum Gasteiger partial charge on any atom is -0.469 e. The molecule has 3 atom stereocenters. The Morgan fingerprint density at radius 3 is 1.88 bits per heavy atom. The van der Waals surface area contributed by atoms with Gasteiger partial charge in [0, 0.05) is 5.41 Å². The Hall–Kier alpha value is -2.05. The van der Waals surface area contributed by atoms with E-state index in [1.165, 1.54) is 12.1 Å². The molecule has 2 aliphatic rings. The van der Waals surface area contributed by atoms with Crippen LogP contribution >= 0.6 is 0 Å². The first-order chi connectivity index (χ1) is 11.2. The van der Waals surface area contributed by atoms with Crippen molar-refractivity contribution in [1.82, 2.24) is 0 Å². The molecule has 0 saturated heterocycles. The van der Waals surface area contributed by atoms with Gasteiger partial charge in [-0.2, -0.15) is 13.2 Å². The van der Waals surface area contributed by atoms with Gasteiger partial charge in [0.1, 0.15) is 0 Å². The van der Waals surface area contributed by atoms with Gasteiger partial charge in [0.05, 0.1) is 31.5 Å². The number of aryl methyl sites for hydroxylation is 1. The summed E-state index contributed by atoms with van der Waals surface area (Å²) in [5.74, 6) is -3.86. The van der Waals surface area contributed by atoms with Gasteiger partial charge in [-0.1, -0.05) is 29.8 Å². The third-order valence-corrected chi connectivity index (χ3v) is 5.50. The zero-order chi connectivity index (χ0) is 17.9. The largest absolute Gasteiger partial charge is 0.469 e. The number of carbonyl (C=O) groups is 2. The molecule has 2 saturated carbocycles. The molecule has 0 bridgehead atoms. The highest BCUT2D eigenvalue weighted by Crippen LogP contribution is 2.88. The number of rotatable bonds is 3. The van der Waals surface area contributed by atoms with E-state index in [4.69, 9.17) is 0 Å². The number of esters is 2. The van der Waals surface area contributed by atoms with Crippen LogP contribution in [0.25, 0.3) is 0 Å². The van der Waals surface area contributed by atoms with Gasteiger partial charge >= 0.3 is 18.1 Å². The first kappa shape index (κ1) is 16.8. The van der Waals surface area contributed by atoms with Gasteiger partial charge in [-0.05, 0) is 18.9 Å². The lowest BCUT2D eigenvalue weighted by Gasteiger charge is -2.22. The Bertz CT molecular complexity index is 673. The Balaban J connectivity index is 2.09. The Kier molecular flexibility index (Phi) is 3.48. The molecule has 130 valence electrons. The van der Waals surface area contributed by atoms with Crippen molar-refractivity contribution < 1.29 is 32.2 Å². The molecule has 3 rings (SSSR count). The molecule has 1 aromatic carbocycles. The summed E-state index contributed by atoms with van der Waals surface area (Å²) in [6.07, 6.45) is -4.90. The summed E-state index contributed by atoms with van der Waals surface area (Å²) in [7, 11) is 2.21. The first-order valence-electron chi connectivity index (χ1n) is 7.47. The molecule has 1 aromatic rings. The molecule has 24 heavy (non-hydrogen) atoms. The summed E-state index contributed by atoms with van der Waals surface area (Å²) in [5.41, 5.74) is -2.82. The molecule has 2 aliphatic carbocycles. The second-order valence-electron chi connectivity index (χ2n) is 6.49. The van der Waals surface area contributed by atoms with Crippen molar-refractivity contribution in [3.8, 4) is 0 Å². The van der Waals surface area contributed by atoms with Crippen molar-refractivity contribution >= 4 is 11.9 Å². The predicted octanol–water partition coefficient (Wildman–Crippen LogP) is 2.78. The van der Waals surface area contributed by atoms with E-state index in [0.717, 1.165) is 19.8 Å². The molecule has 1 spiro atoms. The summed E-state index contributed by atoms with van der Waals surface area (Å²) < 4.78 is 51.2. The summed E-state index contributed by atoms with van der Waals surface area (Å²) in [6, 6.07) is 6.02. The van der Waals surface area contributed by atoms with Crippen LogP contribution in [0.5, 0.6) is 0 Å². The summed E-state index contributed by atoms with van der Waals surface area (Å²) in [4.78, 5) is 23.9. The van der Waals surface area contributed by atoms with E-state index in [1.807, 2.05) is 0 Å². The van der Waals surface area contributed by atoms with Gasteiger partial charge in [-0.25, -0.2) is 0 Å². The lowest BCUT2D eigenvalue weighted by molar-refractivity contribution is -0.168. The van der Waals surface area contributed by atoms with Crippen LogP contribution in [0.1, 0.15) is 17.5 Å². The zero-order valence-electron chi connectivity index (χ0n) is 13.4. The average Bonchev–Trinajstić information content (AvgIpc) is 3.41. The zero-order valence-corrected chi connectivity index (χ0v) is 13.4. The maximum Gasteiger partial charge on any atom is 0.399 e. The molecule has 3 unspecified atom stereocenters.